The van der Waals surface area contributed by atoms with Gasteiger partial charge in [-0.05, 0) is 53.6 Å². The Labute approximate surface area is 154 Å². The van der Waals surface area contributed by atoms with Crippen molar-refractivity contribution in [1.82, 2.24) is 20.2 Å². The van der Waals surface area contributed by atoms with Crippen LogP contribution in [0.15, 0.2) is 47.6 Å². The molecule has 26 heavy (non-hydrogen) atoms. The molecule has 0 atom stereocenters. The first-order valence-electron chi connectivity index (χ1n) is 7.91. The number of rotatable bonds is 7. The fourth-order valence-electron chi connectivity index (χ4n) is 2.30. The van der Waals surface area contributed by atoms with Crippen molar-refractivity contribution in [2.75, 3.05) is 12.4 Å². The lowest BCUT2D eigenvalue weighted by atomic mass is 10.1. The quantitative estimate of drug-likeness (QED) is 0.272. The summed E-state index contributed by atoms with van der Waals surface area (Å²) in [5.41, 5.74) is 3.21. The van der Waals surface area contributed by atoms with Crippen LogP contribution in [0.3, 0.4) is 0 Å². The van der Waals surface area contributed by atoms with Crippen LogP contribution in [0.5, 0.6) is 5.75 Å². The number of ether oxygens (including phenoxy) is 1. The number of nitro groups is 1. The number of benzene rings is 2. The van der Waals surface area contributed by atoms with Gasteiger partial charge in [0.1, 0.15) is 0 Å². The Morgan fingerprint density at radius 2 is 2.00 bits per heavy atom. The zero-order valence-corrected chi connectivity index (χ0v) is 15.1. The Kier molecular flexibility index (Phi) is 5.47. The molecule has 0 spiro atoms. The van der Waals surface area contributed by atoms with Crippen LogP contribution in [0.1, 0.15) is 11.1 Å². The SMILES string of the molecule is Cc1ccc(-n2nnnc2SCCOc2ccccc2[N+](=O)[O-])cc1C. The van der Waals surface area contributed by atoms with Crippen LogP contribution in [-0.4, -0.2) is 37.5 Å². The summed E-state index contributed by atoms with van der Waals surface area (Å²) in [6.07, 6.45) is 0. The summed E-state index contributed by atoms with van der Waals surface area (Å²) in [6.45, 7) is 4.39. The van der Waals surface area contributed by atoms with Crippen molar-refractivity contribution in [2.45, 2.75) is 19.0 Å². The maximum Gasteiger partial charge on any atom is 0.310 e. The third-order valence-electron chi connectivity index (χ3n) is 3.81. The molecule has 3 rings (SSSR count). The number of aryl methyl sites for hydroxylation is 2. The summed E-state index contributed by atoms with van der Waals surface area (Å²) in [6, 6.07) is 12.3. The Hall–Kier alpha value is -2.94. The number of nitro benzene ring substituents is 1. The second-order valence-electron chi connectivity index (χ2n) is 5.56. The average molecular weight is 371 g/mol. The minimum Gasteiger partial charge on any atom is -0.486 e. The lowest BCUT2D eigenvalue weighted by Gasteiger charge is -2.08. The molecule has 0 bridgehead atoms. The number of hydrogen-bond acceptors (Lipinski definition) is 7. The van der Waals surface area contributed by atoms with Crippen LogP contribution in [0.4, 0.5) is 5.69 Å². The predicted octanol–water partition coefficient (Wildman–Crippen LogP) is 3.36. The van der Waals surface area contributed by atoms with Gasteiger partial charge in [0.05, 0.1) is 17.2 Å². The van der Waals surface area contributed by atoms with E-state index in [0.29, 0.717) is 17.5 Å². The van der Waals surface area contributed by atoms with E-state index in [-0.39, 0.29) is 11.4 Å². The van der Waals surface area contributed by atoms with Crippen molar-refractivity contribution in [3.63, 3.8) is 0 Å². The first-order valence-corrected chi connectivity index (χ1v) is 8.90. The van der Waals surface area contributed by atoms with Crippen LogP contribution in [-0.2, 0) is 0 Å². The molecule has 0 saturated heterocycles. The van der Waals surface area contributed by atoms with Crippen molar-refractivity contribution < 1.29 is 9.66 Å². The van der Waals surface area contributed by atoms with Gasteiger partial charge in [0, 0.05) is 11.8 Å². The standard InChI is InChI=1S/C17H17N5O3S/c1-12-7-8-14(11-13(12)2)21-17(18-19-20-21)26-10-9-25-16-6-4-3-5-15(16)22(23)24/h3-8,11H,9-10H2,1-2H3. The second-order valence-corrected chi connectivity index (χ2v) is 6.63. The van der Waals surface area contributed by atoms with Gasteiger partial charge in [-0.25, -0.2) is 0 Å². The van der Waals surface area contributed by atoms with Gasteiger partial charge in [-0.1, -0.05) is 30.0 Å². The van der Waals surface area contributed by atoms with Crippen LogP contribution in [0.25, 0.3) is 5.69 Å². The van der Waals surface area contributed by atoms with Crippen molar-refractivity contribution >= 4 is 17.4 Å². The van der Waals surface area contributed by atoms with Crippen molar-refractivity contribution in [3.05, 3.63) is 63.7 Å². The van der Waals surface area contributed by atoms with E-state index in [1.165, 1.54) is 23.4 Å². The van der Waals surface area contributed by atoms with Crippen molar-refractivity contribution in [2.24, 2.45) is 0 Å². The molecule has 0 amide bonds. The molecule has 0 fully saturated rings. The van der Waals surface area contributed by atoms with Gasteiger partial charge in [0.15, 0.2) is 5.75 Å². The van der Waals surface area contributed by atoms with E-state index in [1.807, 2.05) is 25.1 Å². The Morgan fingerprint density at radius 3 is 2.77 bits per heavy atom. The maximum absolute atomic E-state index is 11.0. The summed E-state index contributed by atoms with van der Waals surface area (Å²) in [4.78, 5) is 10.5. The molecule has 0 aliphatic heterocycles. The minimum atomic E-state index is -0.456. The van der Waals surface area contributed by atoms with Crippen LogP contribution in [0.2, 0.25) is 0 Å². The highest BCUT2D eigenvalue weighted by molar-refractivity contribution is 7.99. The summed E-state index contributed by atoms with van der Waals surface area (Å²) >= 11 is 1.42. The molecule has 0 saturated carbocycles. The molecule has 8 nitrogen and oxygen atoms in total. The molecule has 2 aromatic carbocycles. The number of tetrazole rings is 1. The molecule has 0 radical (unpaired) electrons. The molecule has 0 unspecified atom stereocenters. The minimum absolute atomic E-state index is 0.0440. The first kappa shape index (κ1) is 17.9. The third-order valence-corrected chi connectivity index (χ3v) is 4.69. The monoisotopic (exact) mass is 371 g/mol. The lowest BCUT2D eigenvalue weighted by Crippen LogP contribution is -2.05. The molecule has 0 aliphatic carbocycles. The molecular weight excluding hydrogens is 354 g/mol. The van der Waals surface area contributed by atoms with E-state index in [9.17, 15) is 10.1 Å². The Balaban J connectivity index is 1.62. The van der Waals surface area contributed by atoms with Gasteiger partial charge in [0.2, 0.25) is 5.16 Å². The molecule has 9 heteroatoms. The van der Waals surface area contributed by atoms with E-state index < -0.39 is 4.92 Å². The summed E-state index contributed by atoms with van der Waals surface area (Å²) in [5, 5.41) is 23.4. The van der Waals surface area contributed by atoms with Gasteiger partial charge in [-0.15, -0.1) is 5.10 Å². The molecule has 134 valence electrons. The topological polar surface area (TPSA) is 96.0 Å². The fraction of sp³-hybridized carbons (Fsp3) is 0.235. The highest BCUT2D eigenvalue weighted by Crippen LogP contribution is 2.26. The molecular formula is C17H17N5O3S. The normalized spacial score (nSPS) is 10.7. The van der Waals surface area contributed by atoms with Gasteiger partial charge in [-0.3, -0.25) is 10.1 Å². The van der Waals surface area contributed by atoms with Crippen molar-refractivity contribution in [3.8, 4) is 11.4 Å². The van der Waals surface area contributed by atoms with Crippen LogP contribution in [0, 0.1) is 24.0 Å². The van der Waals surface area contributed by atoms with E-state index in [4.69, 9.17) is 4.74 Å². The van der Waals surface area contributed by atoms with E-state index in [1.54, 1.807) is 22.9 Å². The van der Waals surface area contributed by atoms with Crippen LogP contribution >= 0.6 is 11.8 Å². The van der Waals surface area contributed by atoms with Gasteiger partial charge in [0.25, 0.3) is 0 Å². The van der Waals surface area contributed by atoms with Gasteiger partial charge >= 0.3 is 5.69 Å². The smallest absolute Gasteiger partial charge is 0.310 e. The number of nitrogens with zero attached hydrogens (tertiary/aromatic N) is 5. The zero-order chi connectivity index (χ0) is 18.5. The number of para-hydroxylation sites is 2. The number of aromatic nitrogens is 4. The van der Waals surface area contributed by atoms with Gasteiger partial charge in [-0.2, -0.15) is 4.68 Å². The summed E-state index contributed by atoms with van der Waals surface area (Å²) in [7, 11) is 0. The van der Waals surface area contributed by atoms with E-state index in [2.05, 4.69) is 22.4 Å². The predicted molar refractivity (Wildman–Crippen MR) is 97.9 cm³/mol. The number of hydrogen-bond donors (Lipinski definition) is 0. The summed E-state index contributed by atoms with van der Waals surface area (Å²) in [5.74, 6) is 0.809. The van der Waals surface area contributed by atoms with E-state index >= 15 is 0 Å². The number of thioether (sulfide) groups is 1. The van der Waals surface area contributed by atoms with Gasteiger partial charge < -0.3 is 4.74 Å². The van der Waals surface area contributed by atoms with E-state index in [0.717, 1.165) is 11.3 Å². The molecule has 1 heterocycles. The van der Waals surface area contributed by atoms with Crippen LogP contribution < -0.4 is 4.74 Å². The Morgan fingerprint density at radius 1 is 1.19 bits per heavy atom. The molecule has 1 aromatic heterocycles. The molecule has 0 aliphatic rings. The zero-order valence-electron chi connectivity index (χ0n) is 14.3. The summed E-state index contributed by atoms with van der Waals surface area (Å²) < 4.78 is 7.21. The first-order chi connectivity index (χ1) is 12.6. The molecule has 0 N–H and O–H groups in total. The fourth-order valence-corrected chi connectivity index (χ4v) is 3.01. The highest BCUT2D eigenvalue weighted by Gasteiger charge is 2.14. The maximum atomic E-state index is 11.0. The highest BCUT2D eigenvalue weighted by atomic mass is 32.2. The molecule has 3 aromatic rings. The van der Waals surface area contributed by atoms with Crippen molar-refractivity contribution in [1.29, 1.82) is 0 Å². The largest absolute Gasteiger partial charge is 0.486 e. The third kappa shape index (κ3) is 3.99. The Bertz CT molecular complexity index is 928. The lowest BCUT2D eigenvalue weighted by molar-refractivity contribution is -0.385. The second kappa shape index (κ2) is 7.96. The average Bonchev–Trinajstić information content (AvgIpc) is 3.10.